The standard InChI is InChI=1S/C26H43NO2S/c1-3-5-7-9-11-12-14-16-18-22(17-15-13-10-8-6-4-2)21-30-25(28)23-19-20-27-24(23)26(30)29/h19-20,22H,3-18,21H2,1-2H3/p+1. The Labute approximate surface area is 187 Å². The Hall–Kier alpha value is -1.03. The van der Waals surface area contributed by atoms with Gasteiger partial charge >= 0.3 is 10.2 Å². The highest BCUT2D eigenvalue weighted by atomic mass is 32.2. The van der Waals surface area contributed by atoms with Crippen LogP contribution in [0.3, 0.4) is 0 Å². The number of nitrogens with one attached hydrogen (secondary N) is 1. The zero-order chi connectivity index (χ0) is 21.6. The van der Waals surface area contributed by atoms with Gasteiger partial charge < -0.3 is 4.98 Å². The third-order valence-corrected chi connectivity index (χ3v) is 8.58. The van der Waals surface area contributed by atoms with Gasteiger partial charge in [-0.05, 0) is 18.9 Å². The molecule has 0 saturated carbocycles. The van der Waals surface area contributed by atoms with Crippen molar-refractivity contribution in [2.45, 2.75) is 117 Å². The Kier molecular flexibility index (Phi) is 12.5. The molecule has 2 atom stereocenters. The Morgan fingerprint density at radius 3 is 1.73 bits per heavy atom. The second-order valence-corrected chi connectivity index (χ2v) is 10.9. The zero-order valence-corrected chi connectivity index (χ0v) is 20.3. The van der Waals surface area contributed by atoms with E-state index in [0.717, 1.165) is 5.75 Å². The van der Waals surface area contributed by atoms with Gasteiger partial charge in [0.15, 0.2) is 5.69 Å². The van der Waals surface area contributed by atoms with Crippen molar-refractivity contribution in [3.05, 3.63) is 23.5 Å². The Bertz CT molecular complexity index is 594. The molecule has 0 fully saturated rings. The highest BCUT2D eigenvalue weighted by Crippen LogP contribution is 2.30. The average Bonchev–Trinajstić information content (AvgIpc) is 3.31. The van der Waals surface area contributed by atoms with Crippen LogP contribution in [0.4, 0.5) is 0 Å². The van der Waals surface area contributed by atoms with E-state index in [1.807, 2.05) is 0 Å². The summed E-state index contributed by atoms with van der Waals surface area (Å²) in [5.41, 5.74) is 1.20. The van der Waals surface area contributed by atoms with Gasteiger partial charge in [-0.15, -0.1) is 0 Å². The highest BCUT2D eigenvalue weighted by molar-refractivity contribution is 8.24. The van der Waals surface area contributed by atoms with E-state index in [1.165, 1.54) is 103 Å². The van der Waals surface area contributed by atoms with Crippen LogP contribution in [0, 0.1) is 5.92 Å². The SMILES string of the molecule is CCCCCCCCCCC(CCCCCCCC)C[S+]1C(=O)c2cc[nH]c2C1=O. The molecule has 0 aromatic carbocycles. The summed E-state index contributed by atoms with van der Waals surface area (Å²) in [6, 6.07) is 1.78. The maximum Gasteiger partial charge on any atom is 0.387 e. The third-order valence-electron chi connectivity index (χ3n) is 6.45. The summed E-state index contributed by atoms with van der Waals surface area (Å²) in [7, 11) is -0.744. The van der Waals surface area contributed by atoms with Gasteiger partial charge in [0.1, 0.15) is 22.2 Å². The fourth-order valence-corrected chi connectivity index (χ4v) is 6.65. The summed E-state index contributed by atoms with van der Waals surface area (Å²) in [5.74, 6) is 1.31. The van der Waals surface area contributed by atoms with Crippen LogP contribution in [0.5, 0.6) is 0 Å². The predicted molar refractivity (Wildman–Crippen MR) is 130 cm³/mol. The summed E-state index contributed by atoms with van der Waals surface area (Å²) >= 11 is 0. The van der Waals surface area contributed by atoms with Crippen molar-refractivity contribution >= 4 is 21.1 Å². The maximum atomic E-state index is 12.7. The van der Waals surface area contributed by atoms with Crippen molar-refractivity contribution in [2.24, 2.45) is 5.92 Å². The normalized spacial score (nSPS) is 16.9. The number of carbonyl (C=O) groups is 2. The van der Waals surface area contributed by atoms with Crippen molar-refractivity contribution in [1.29, 1.82) is 0 Å². The van der Waals surface area contributed by atoms with Gasteiger partial charge in [0.05, 0.1) is 0 Å². The number of fused-ring (bicyclic) bond motifs is 1. The predicted octanol–water partition coefficient (Wildman–Crippen LogP) is 7.82. The molecule has 2 rings (SSSR count). The zero-order valence-electron chi connectivity index (χ0n) is 19.5. The van der Waals surface area contributed by atoms with Gasteiger partial charge in [-0.3, -0.25) is 0 Å². The second kappa shape index (κ2) is 14.9. The molecule has 2 heterocycles. The Morgan fingerprint density at radius 1 is 0.733 bits per heavy atom. The minimum atomic E-state index is -0.744. The highest BCUT2D eigenvalue weighted by Gasteiger charge is 2.51. The van der Waals surface area contributed by atoms with E-state index in [2.05, 4.69) is 18.8 Å². The monoisotopic (exact) mass is 434 g/mol. The lowest BCUT2D eigenvalue weighted by Gasteiger charge is -2.14. The topological polar surface area (TPSA) is 49.9 Å². The van der Waals surface area contributed by atoms with Crippen molar-refractivity contribution in [3.63, 3.8) is 0 Å². The molecule has 0 spiro atoms. The van der Waals surface area contributed by atoms with Crippen LogP contribution in [0.25, 0.3) is 0 Å². The smallest absolute Gasteiger partial charge is 0.354 e. The van der Waals surface area contributed by atoms with E-state index >= 15 is 0 Å². The second-order valence-electron chi connectivity index (χ2n) is 9.08. The molecule has 1 aromatic rings. The molecule has 3 nitrogen and oxygen atoms in total. The number of unbranched alkanes of at least 4 members (excludes halogenated alkanes) is 12. The van der Waals surface area contributed by atoms with Gasteiger partial charge in [-0.25, -0.2) is 9.59 Å². The molecule has 0 bridgehead atoms. The molecular formula is C26H44NO2S+. The van der Waals surface area contributed by atoms with E-state index in [1.54, 1.807) is 12.3 Å². The molecule has 0 radical (unpaired) electrons. The molecular weight excluding hydrogens is 390 g/mol. The summed E-state index contributed by atoms with van der Waals surface area (Å²) in [4.78, 5) is 28.4. The first-order valence-corrected chi connectivity index (χ1v) is 14.0. The van der Waals surface area contributed by atoms with Gasteiger partial charge in [0, 0.05) is 12.1 Å². The first kappa shape index (κ1) is 25.2. The molecule has 30 heavy (non-hydrogen) atoms. The fourth-order valence-electron chi connectivity index (χ4n) is 4.53. The van der Waals surface area contributed by atoms with Gasteiger partial charge in [0.2, 0.25) is 0 Å². The Balaban J connectivity index is 1.75. The van der Waals surface area contributed by atoms with E-state index in [-0.39, 0.29) is 10.2 Å². The summed E-state index contributed by atoms with van der Waals surface area (Å²) in [5, 5.41) is 0.143. The molecule has 1 aromatic heterocycles. The first-order chi connectivity index (χ1) is 14.7. The number of hydrogen-bond donors (Lipinski definition) is 1. The lowest BCUT2D eigenvalue weighted by molar-refractivity contribution is 0.107. The van der Waals surface area contributed by atoms with E-state index in [9.17, 15) is 9.59 Å². The lowest BCUT2D eigenvalue weighted by Crippen LogP contribution is -2.25. The van der Waals surface area contributed by atoms with Crippen LogP contribution in [0.2, 0.25) is 0 Å². The number of aromatic nitrogens is 1. The maximum absolute atomic E-state index is 12.7. The molecule has 0 saturated heterocycles. The molecule has 2 unspecified atom stereocenters. The summed E-state index contributed by atoms with van der Waals surface area (Å²) in [6.45, 7) is 4.52. The first-order valence-electron chi connectivity index (χ1n) is 12.7. The number of carbonyl (C=O) groups excluding carboxylic acids is 2. The van der Waals surface area contributed by atoms with E-state index in [0.29, 0.717) is 17.2 Å². The van der Waals surface area contributed by atoms with E-state index < -0.39 is 10.9 Å². The molecule has 170 valence electrons. The average molecular weight is 435 g/mol. The summed E-state index contributed by atoms with van der Waals surface area (Å²) < 4.78 is 0. The minimum absolute atomic E-state index is 0.0591. The van der Waals surface area contributed by atoms with Gasteiger partial charge in [-0.1, -0.05) is 104 Å². The molecule has 1 aliphatic heterocycles. The van der Waals surface area contributed by atoms with Crippen LogP contribution >= 0.6 is 0 Å². The van der Waals surface area contributed by atoms with Crippen molar-refractivity contribution < 1.29 is 9.59 Å². The molecule has 0 aliphatic carbocycles. The van der Waals surface area contributed by atoms with Crippen molar-refractivity contribution in [3.8, 4) is 0 Å². The van der Waals surface area contributed by atoms with Crippen LogP contribution in [-0.4, -0.2) is 21.0 Å². The lowest BCUT2D eigenvalue weighted by atomic mass is 9.95. The molecule has 0 amide bonds. The van der Waals surface area contributed by atoms with Gasteiger partial charge in [-0.2, -0.15) is 0 Å². The number of H-pyrrole nitrogens is 1. The number of hydrogen-bond acceptors (Lipinski definition) is 2. The van der Waals surface area contributed by atoms with E-state index in [4.69, 9.17) is 0 Å². The molecule has 1 N–H and O–H groups in total. The van der Waals surface area contributed by atoms with Crippen molar-refractivity contribution in [2.75, 3.05) is 5.75 Å². The van der Waals surface area contributed by atoms with Crippen LogP contribution in [0.15, 0.2) is 12.3 Å². The minimum Gasteiger partial charge on any atom is -0.354 e. The summed E-state index contributed by atoms with van der Waals surface area (Å²) in [6.07, 6.45) is 22.6. The number of rotatable bonds is 18. The van der Waals surface area contributed by atoms with Gasteiger partial charge in [0.25, 0.3) is 0 Å². The van der Waals surface area contributed by atoms with Crippen molar-refractivity contribution in [1.82, 2.24) is 4.98 Å². The van der Waals surface area contributed by atoms with Crippen LogP contribution < -0.4 is 0 Å². The van der Waals surface area contributed by atoms with Crippen LogP contribution in [0.1, 0.15) is 137 Å². The number of aromatic amines is 1. The Morgan fingerprint density at radius 2 is 1.23 bits per heavy atom. The third kappa shape index (κ3) is 8.24. The quantitative estimate of drug-likeness (QED) is 0.189. The molecule has 1 aliphatic rings. The molecule has 4 heteroatoms. The van der Waals surface area contributed by atoms with Crippen LogP contribution in [-0.2, 0) is 10.9 Å². The largest absolute Gasteiger partial charge is 0.387 e. The fraction of sp³-hybridized carbons (Fsp3) is 0.769.